The van der Waals surface area contributed by atoms with Crippen molar-refractivity contribution in [2.45, 2.75) is 26.7 Å². The maximum absolute atomic E-state index is 12.5. The number of rotatable bonds is 2. The lowest BCUT2D eigenvalue weighted by molar-refractivity contribution is 0.778. The Morgan fingerprint density at radius 2 is 2.05 bits per heavy atom. The molecule has 2 aromatic heterocycles. The molecular formula is C16H15BrN2OS. The molecular weight excluding hydrogens is 348 g/mol. The second kappa shape index (κ2) is 5.39. The predicted molar refractivity (Wildman–Crippen MR) is 92.2 cm³/mol. The Kier molecular flexibility index (Phi) is 3.71. The number of hydrogen-bond donors (Lipinski definition) is 1. The highest BCUT2D eigenvalue weighted by molar-refractivity contribution is 9.10. The maximum Gasteiger partial charge on any atom is 0.260 e. The van der Waals surface area contributed by atoms with Gasteiger partial charge < -0.3 is 4.98 Å². The normalized spacial score (nSPS) is 11.5. The highest BCUT2D eigenvalue weighted by Gasteiger charge is 2.15. The molecule has 0 saturated carbocycles. The van der Waals surface area contributed by atoms with E-state index in [0.29, 0.717) is 5.39 Å². The van der Waals surface area contributed by atoms with Crippen LogP contribution in [0.1, 0.15) is 31.2 Å². The van der Waals surface area contributed by atoms with E-state index in [-0.39, 0.29) is 11.5 Å². The number of H-pyrrole nitrogens is 1. The highest BCUT2D eigenvalue weighted by Crippen LogP contribution is 2.36. The van der Waals surface area contributed by atoms with Crippen LogP contribution >= 0.6 is 27.3 Å². The average Bonchev–Trinajstić information content (AvgIpc) is 2.85. The van der Waals surface area contributed by atoms with Gasteiger partial charge in [-0.1, -0.05) is 47.5 Å². The number of nitrogens with zero attached hydrogens (tertiary/aromatic N) is 1. The SMILES string of the molecule is Cc1ccc(Br)c(-c2csc3nc(C(C)C)[nH]c(=O)c23)c1. The molecule has 0 saturated heterocycles. The van der Waals surface area contributed by atoms with Crippen molar-refractivity contribution in [1.29, 1.82) is 0 Å². The summed E-state index contributed by atoms with van der Waals surface area (Å²) in [6.45, 7) is 6.09. The van der Waals surface area contributed by atoms with Crippen molar-refractivity contribution < 1.29 is 0 Å². The summed E-state index contributed by atoms with van der Waals surface area (Å²) >= 11 is 5.09. The van der Waals surface area contributed by atoms with Crippen molar-refractivity contribution in [3.8, 4) is 11.1 Å². The van der Waals surface area contributed by atoms with Gasteiger partial charge in [-0.25, -0.2) is 4.98 Å². The number of thiophene rings is 1. The molecule has 0 aliphatic heterocycles. The topological polar surface area (TPSA) is 45.8 Å². The van der Waals surface area contributed by atoms with E-state index in [2.05, 4.69) is 32.0 Å². The number of hydrogen-bond acceptors (Lipinski definition) is 3. The van der Waals surface area contributed by atoms with Gasteiger partial charge in [0, 0.05) is 21.3 Å². The fourth-order valence-electron chi connectivity index (χ4n) is 2.28. The van der Waals surface area contributed by atoms with E-state index in [0.717, 1.165) is 31.8 Å². The van der Waals surface area contributed by atoms with Crippen LogP contribution in [0.25, 0.3) is 21.3 Å². The van der Waals surface area contributed by atoms with Gasteiger partial charge in [-0.15, -0.1) is 11.3 Å². The third kappa shape index (κ3) is 2.56. The molecule has 0 bridgehead atoms. The van der Waals surface area contributed by atoms with E-state index in [9.17, 15) is 4.79 Å². The minimum atomic E-state index is -0.0617. The Morgan fingerprint density at radius 1 is 1.29 bits per heavy atom. The summed E-state index contributed by atoms with van der Waals surface area (Å²) in [7, 11) is 0. The van der Waals surface area contributed by atoms with Crippen molar-refractivity contribution in [1.82, 2.24) is 9.97 Å². The number of aryl methyl sites for hydroxylation is 1. The average molecular weight is 363 g/mol. The first-order valence-corrected chi connectivity index (χ1v) is 8.42. The van der Waals surface area contributed by atoms with Crippen LogP contribution in [-0.4, -0.2) is 9.97 Å². The minimum Gasteiger partial charge on any atom is -0.310 e. The van der Waals surface area contributed by atoms with Gasteiger partial charge in [0.1, 0.15) is 10.7 Å². The van der Waals surface area contributed by atoms with Gasteiger partial charge in [0.15, 0.2) is 0 Å². The lowest BCUT2D eigenvalue weighted by Crippen LogP contribution is -2.12. The number of fused-ring (bicyclic) bond motifs is 1. The second-order valence-electron chi connectivity index (χ2n) is 5.42. The minimum absolute atomic E-state index is 0.0617. The molecule has 0 unspecified atom stereocenters. The predicted octanol–water partition coefficient (Wildman–Crippen LogP) is 4.85. The first-order chi connectivity index (χ1) is 9.97. The molecule has 0 amide bonds. The van der Waals surface area contributed by atoms with Gasteiger partial charge in [0.25, 0.3) is 5.56 Å². The van der Waals surface area contributed by atoms with Gasteiger partial charge in [0.05, 0.1) is 5.39 Å². The summed E-state index contributed by atoms with van der Waals surface area (Å²) in [5, 5.41) is 2.69. The molecule has 0 fully saturated rings. The zero-order valence-electron chi connectivity index (χ0n) is 12.0. The quantitative estimate of drug-likeness (QED) is 0.708. The van der Waals surface area contributed by atoms with E-state index in [1.54, 1.807) is 0 Å². The van der Waals surface area contributed by atoms with E-state index in [1.165, 1.54) is 11.3 Å². The molecule has 3 rings (SSSR count). The van der Waals surface area contributed by atoms with Crippen LogP contribution in [0.3, 0.4) is 0 Å². The van der Waals surface area contributed by atoms with Crippen molar-refractivity contribution >= 4 is 37.5 Å². The summed E-state index contributed by atoms with van der Waals surface area (Å²) < 4.78 is 0.986. The number of benzene rings is 1. The van der Waals surface area contributed by atoms with Gasteiger partial charge in [-0.2, -0.15) is 0 Å². The van der Waals surface area contributed by atoms with Crippen molar-refractivity contribution in [2.24, 2.45) is 0 Å². The first kappa shape index (κ1) is 14.5. The van der Waals surface area contributed by atoms with Crippen molar-refractivity contribution in [2.75, 3.05) is 0 Å². The zero-order valence-corrected chi connectivity index (χ0v) is 14.4. The van der Waals surface area contributed by atoms with Crippen molar-refractivity contribution in [3.63, 3.8) is 0 Å². The lowest BCUT2D eigenvalue weighted by atomic mass is 10.0. The third-order valence-electron chi connectivity index (χ3n) is 3.42. The van der Waals surface area contributed by atoms with Crippen LogP contribution in [0.2, 0.25) is 0 Å². The molecule has 108 valence electrons. The van der Waals surface area contributed by atoms with Crippen LogP contribution in [0.15, 0.2) is 32.8 Å². The van der Waals surface area contributed by atoms with E-state index in [1.807, 2.05) is 38.3 Å². The van der Waals surface area contributed by atoms with Crippen LogP contribution < -0.4 is 5.56 Å². The zero-order chi connectivity index (χ0) is 15.1. The van der Waals surface area contributed by atoms with Crippen LogP contribution in [0.5, 0.6) is 0 Å². The number of halogens is 1. The summed E-state index contributed by atoms with van der Waals surface area (Å²) in [5.41, 5.74) is 3.07. The molecule has 2 heterocycles. The number of aromatic amines is 1. The Hall–Kier alpha value is -1.46. The van der Waals surface area contributed by atoms with E-state index >= 15 is 0 Å². The number of aromatic nitrogens is 2. The van der Waals surface area contributed by atoms with Crippen molar-refractivity contribution in [3.05, 3.63) is 49.8 Å². The Morgan fingerprint density at radius 3 is 2.76 bits per heavy atom. The lowest BCUT2D eigenvalue weighted by Gasteiger charge is -2.06. The monoisotopic (exact) mass is 362 g/mol. The Labute approximate surface area is 135 Å². The second-order valence-corrected chi connectivity index (χ2v) is 7.13. The van der Waals surface area contributed by atoms with E-state index < -0.39 is 0 Å². The standard InChI is InChI=1S/C16H15BrN2OS/c1-8(2)14-18-15(20)13-11(7-21-16(13)19-14)10-6-9(3)4-5-12(10)17/h4-8H,1-3H3,(H,18,19,20). The summed E-state index contributed by atoms with van der Waals surface area (Å²) in [6.07, 6.45) is 0. The Bertz CT molecular complexity index is 880. The highest BCUT2D eigenvalue weighted by atomic mass is 79.9. The molecule has 3 nitrogen and oxygen atoms in total. The third-order valence-corrected chi connectivity index (χ3v) is 4.98. The molecule has 5 heteroatoms. The van der Waals surface area contributed by atoms with Crippen LogP contribution in [0, 0.1) is 6.92 Å². The molecule has 0 radical (unpaired) electrons. The summed E-state index contributed by atoms with van der Waals surface area (Å²) in [5.74, 6) is 0.947. The molecule has 1 N–H and O–H groups in total. The maximum atomic E-state index is 12.5. The van der Waals surface area contributed by atoms with Crippen LogP contribution in [-0.2, 0) is 0 Å². The van der Waals surface area contributed by atoms with E-state index in [4.69, 9.17) is 0 Å². The fourth-order valence-corrected chi connectivity index (χ4v) is 3.69. The molecule has 3 aromatic rings. The van der Waals surface area contributed by atoms with Gasteiger partial charge in [0.2, 0.25) is 0 Å². The first-order valence-electron chi connectivity index (χ1n) is 6.75. The molecule has 0 spiro atoms. The number of nitrogens with one attached hydrogen (secondary N) is 1. The molecule has 21 heavy (non-hydrogen) atoms. The van der Waals surface area contributed by atoms with Gasteiger partial charge in [-0.3, -0.25) is 4.79 Å². The van der Waals surface area contributed by atoms with Gasteiger partial charge in [-0.05, 0) is 18.6 Å². The summed E-state index contributed by atoms with van der Waals surface area (Å²) in [4.78, 5) is 20.7. The largest absolute Gasteiger partial charge is 0.310 e. The molecule has 1 aromatic carbocycles. The fraction of sp³-hybridized carbons (Fsp3) is 0.250. The molecule has 0 aliphatic rings. The smallest absolute Gasteiger partial charge is 0.260 e. The Balaban J connectivity index is 2.30. The molecule has 0 aliphatic carbocycles. The summed E-state index contributed by atoms with van der Waals surface area (Å²) in [6, 6.07) is 6.14. The molecule has 0 atom stereocenters. The van der Waals surface area contributed by atoms with Gasteiger partial charge >= 0.3 is 0 Å². The van der Waals surface area contributed by atoms with Crippen LogP contribution in [0.4, 0.5) is 0 Å².